The Morgan fingerprint density at radius 2 is 2.38 bits per heavy atom. The van der Waals surface area contributed by atoms with Crippen LogP contribution in [0.2, 0.25) is 0 Å². The molecule has 114 valence electrons. The molecule has 0 aliphatic carbocycles. The third-order valence-electron chi connectivity index (χ3n) is 3.66. The van der Waals surface area contributed by atoms with E-state index in [2.05, 4.69) is 0 Å². The first-order chi connectivity index (χ1) is 10.1. The molecule has 5 heteroatoms. The number of carboxylic acid groups (broad SMARTS) is 1. The first-order valence-electron chi connectivity index (χ1n) is 7.05. The molecule has 1 fully saturated rings. The number of benzene rings is 1. The number of rotatable bonds is 5. The van der Waals surface area contributed by atoms with Gasteiger partial charge in [-0.2, -0.15) is 0 Å². The Kier molecular flexibility index (Phi) is 5.33. The summed E-state index contributed by atoms with van der Waals surface area (Å²) >= 11 is 0. The van der Waals surface area contributed by atoms with Gasteiger partial charge in [-0.3, -0.25) is 0 Å². The molecule has 21 heavy (non-hydrogen) atoms. The summed E-state index contributed by atoms with van der Waals surface area (Å²) in [6, 6.07) is 4.74. The number of aliphatic carboxylic acids is 1. The fraction of sp³-hybridized carbons (Fsp3) is 0.438. The Labute approximate surface area is 123 Å². The van der Waals surface area contributed by atoms with E-state index in [0.717, 1.165) is 32.0 Å². The normalized spacial score (nSPS) is 19.1. The number of carbonyl (C=O) groups is 1. The van der Waals surface area contributed by atoms with Gasteiger partial charge >= 0.3 is 5.97 Å². The zero-order valence-corrected chi connectivity index (χ0v) is 12.1. The van der Waals surface area contributed by atoms with Crippen molar-refractivity contribution >= 4 is 17.7 Å². The molecule has 1 heterocycles. The van der Waals surface area contributed by atoms with Crippen molar-refractivity contribution in [3.8, 4) is 0 Å². The maximum absolute atomic E-state index is 14.2. The summed E-state index contributed by atoms with van der Waals surface area (Å²) in [6.07, 6.45) is 4.53. The van der Waals surface area contributed by atoms with Crippen molar-refractivity contribution in [1.29, 1.82) is 0 Å². The van der Waals surface area contributed by atoms with Crippen LogP contribution in [0.5, 0.6) is 0 Å². The average molecular weight is 293 g/mol. The highest BCUT2D eigenvalue weighted by molar-refractivity contribution is 5.87. The molecule has 1 aliphatic heterocycles. The van der Waals surface area contributed by atoms with Gasteiger partial charge in [0.25, 0.3) is 0 Å². The standard InChI is InChI=1S/C16H20FNO3/c1-21-11-12-4-3-9-18(10-12)16-13(7-8-15(19)20)5-2-6-14(16)17/h2,5-8,12H,3-4,9-11H2,1H3,(H,19,20)/b8-7+. The maximum atomic E-state index is 14.2. The number of ether oxygens (including phenoxy) is 1. The van der Waals surface area contributed by atoms with Crippen molar-refractivity contribution in [2.24, 2.45) is 5.92 Å². The Morgan fingerprint density at radius 1 is 1.57 bits per heavy atom. The maximum Gasteiger partial charge on any atom is 0.328 e. The second-order valence-electron chi connectivity index (χ2n) is 5.26. The lowest BCUT2D eigenvalue weighted by Gasteiger charge is -2.35. The van der Waals surface area contributed by atoms with Gasteiger partial charge in [0.05, 0.1) is 12.3 Å². The van der Waals surface area contributed by atoms with Gasteiger partial charge in [0.15, 0.2) is 0 Å². The smallest absolute Gasteiger partial charge is 0.328 e. The molecule has 2 rings (SSSR count). The van der Waals surface area contributed by atoms with E-state index in [9.17, 15) is 9.18 Å². The van der Waals surface area contributed by atoms with Crippen LogP contribution in [-0.2, 0) is 9.53 Å². The molecule has 1 aromatic carbocycles. The molecule has 0 amide bonds. The Balaban J connectivity index is 2.27. The third kappa shape index (κ3) is 4.04. The highest BCUT2D eigenvalue weighted by Crippen LogP contribution is 2.30. The number of hydrogen-bond donors (Lipinski definition) is 1. The number of anilines is 1. The van der Waals surface area contributed by atoms with Gasteiger partial charge in [-0.15, -0.1) is 0 Å². The molecule has 0 bridgehead atoms. The Hall–Kier alpha value is -1.88. The molecule has 4 nitrogen and oxygen atoms in total. The van der Waals surface area contributed by atoms with Crippen LogP contribution in [0, 0.1) is 11.7 Å². The lowest BCUT2D eigenvalue weighted by molar-refractivity contribution is -0.131. The molecule has 1 unspecified atom stereocenters. The van der Waals surface area contributed by atoms with Crippen LogP contribution in [0.3, 0.4) is 0 Å². The summed E-state index contributed by atoms with van der Waals surface area (Å²) in [7, 11) is 1.67. The van der Waals surface area contributed by atoms with E-state index in [4.69, 9.17) is 9.84 Å². The minimum atomic E-state index is -1.04. The van der Waals surface area contributed by atoms with E-state index in [1.165, 1.54) is 12.1 Å². The molecular weight excluding hydrogens is 273 g/mol. The van der Waals surface area contributed by atoms with Crippen molar-refractivity contribution in [2.75, 3.05) is 31.7 Å². The largest absolute Gasteiger partial charge is 0.478 e. The predicted molar refractivity (Wildman–Crippen MR) is 79.9 cm³/mol. The number of para-hydroxylation sites is 1. The number of methoxy groups -OCH3 is 1. The minimum Gasteiger partial charge on any atom is -0.478 e. The molecule has 0 spiro atoms. The zero-order valence-electron chi connectivity index (χ0n) is 12.1. The minimum absolute atomic E-state index is 0.319. The predicted octanol–water partition coefficient (Wildman–Crippen LogP) is 2.79. The topological polar surface area (TPSA) is 49.8 Å². The second kappa shape index (κ2) is 7.22. The monoisotopic (exact) mass is 293 g/mol. The highest BCUT2D eigenvalue weighted by Gasteiger charge is 2.23. The van der Waals surface area contributed by atoms with E-state index in [0.29, 0.717) is 23.8 Å². The van der Waals surface area contributed by atoms with Crippen molar-refractivity contribution in [1.82, 2.24) is 0 Å². The summed E-state index contributed by atoms with van der Waals surface area (Å²) in [5.41, 5.74) is 1.08. The highest BCUT2D eigenvalue weighted by atomic mass is 19.1. The average Bonchev–Trinajstić information content (AvgIpc) is 2.45. The summed E-state index contributed by atoms with van der Waals surface area (Å²) < 4.78 is 19.4. The van der Waals surface area contributed by atoms with Crippen LogP contribution in [-0.4, -0.2) is 37.9 Å². The van der Waals surface area contributed by atoms with Gasteiger partial charge in [0, 0.05) is 31.8 Å². The van der Waals surface area contributed by atoms with E-state index in [1.807, 2.05) is 4.90 Å². The van der Waals surface area contributed by atoms with Crippen LogP contribution >= 0.6 is 0 Å². The van der Waals surface area contributed by atoms with E-state index in [-0.39, 0.29) is 5.82 Å². The first-order valence-corrected chi connectivity index (χ1v) is 7.05. The number of carboxylic acids is 1. The fourth-order valence-corrected chi connectivity index (χ4v) is 2.80. The number of hydrogen-bond acceptors (Lipinski definition) is 3. The molecule has 1 atom stereocenters. The van der Waals surface area contributed by atoms with Gasteiger partial charge in [0.1, 0.15) is 5.82 Å². The van der Waals surface area contributed by atoms with Gasteiger partial charge in [0.2, 0.25) is 0 Å². The van der Waals surface area contributed by atoms with Crippen LogP contribution < -0.4 is 4.90 Å². The van der Waals surface area contributed by atoms with Gasteiger partial charge in [-0.05, 0) is 30.9 Å². The van der Waals surface area contributed by atoms with E-state index >= 15 is 0 Å². The molecule has 1 saturated heterocycles. The molecule has 1 aromatic rings. The van der Waals surface area contributed by atoms with Crippen LogP contribution in [0.25, 0.3) is 6.08 Å². The van der Waals surface area contributed by atoms with Gasteiger partial charge < -0.3 is 14.7 Å². The second-order valence-corrected chi connectivity index (χ2v) is 5.26. The summed E-state index contributed by atoms with van der Waals surface area (Å²) in [6.45, 7) is 2.16. The Morgan fingerprint density at radius 3 is 3.10 bits per heavy atom. The van der Waals surface area contributed by atoms with E-state index < -0.39 is 5.97 Å². The van der Waals surface area contributed by atoms with Crippen molar-refractivity contribution in [2.45, 2.75) is 12.8 Å². The molecular formula is C16H20FNO3. The molecule has 0 radical (unpaired) electrons. The van der Waals surface area contributed by atoms with Crippen LogP contribution in [0.1, 0.15) is 18.4 Å². The van der Waals surface area contributed by atoms with Crippen molar-refractivity contribution < 1.29 is 19.0 Å². The summed E-state index contributed by atoms with van der Waals surface area (Å²) in [5, 5.41) is 8.75. The van der Waals surface area contributed by atoms with Crippen LogP contribution in [0.15, 0.2) is 24.3 Å². The van der Waals surface area contributed by atoms with E-state index in [1.54, 1.807) is 19.2 Å². The first kappa shape index (κ1) is 15.5. The van der Waals surface area contributed by atoms with Crippen molar-refractivity contribution in [3.05, 3.63) is 35.7 Å². The van der Waals surface area contributed by atoms with Gasteiger partial charge in [-0.25, -0.2) is 9.18 Å². The lowest BCUT2D eigenvalue weighted by atomic mass is 9.97. The Bertz CT molecular complexity index is 528. The zero-order chi connectivity index (χ0) is 15.2. The fourth-order valence-electron chi connectivity index (χ4n) is 2.80. The molecule has 1 aliphatic rings. The number of nitrogens with zero attached hydrogens (tertiary/aromatic N) is 1. The third-order valence-corrected chi connectivity index (χ3v) is 3.66. The van der Waals surface area contributed by atoms with Crippen molar-refractivity contribution in [3.63, 3.8) is 0 Å². The van der Waals surface area contributed by atoms with Gasteiger partial charge in [-0.1, -0.05) is 12.1 Å². The number of piperidine rings is 1. The summed E-state index contributed by atoms with van der Waals surface area (Å²) in [4.78, 5) is 12.7. The molecule has 0 aromatic heterocycles. The summed E-state index contributed by atoms with van der Waals surface area (Å²) in [5.74, 6) is -0.985. The number of halogens is 1. The lowest BCUT2D eigenvalue weighted by Crippen LogP contribution is -2.38. The molecule has 0 saturated carbocycles. The SMILES string of the molecule is COCC1CCCN(c2c(F)cccc2/C=C/C(=O)O)C1. The van der Waals surface area contributed by atoms with Crippen LogP contribution in [0.4, 0.5) is 10.1 Å². The molecule has 1 N–H and O–H groups in total. The quantitative estimate of drug-likeness (QED) is 0.848.